The summed E-state index contributed by atoms with van der Waals surface area (Å²) in [6, 6.07) is 29.5. The molecule has 4 aromatic rings. The van der Waals surface area contributed by atoms with Crippen molar-refractivity contribution in [1.29, 1.82) is 0 Å². The Morgan fingerprint density at radius 2 is 1.55 bits per heavy atom. The van der Waals surface area contributed by atoms with E-state index in [1.807, 2.05) is 12.1 Å². The summed E-state index contributed by atoms with van der Waals surface area (Å²) in [5.74, 6) is 1.77. The van der Waals surface area contributed by atoms with E-state index in [9.17, 15) is 0 Å². The van der Waals surface area contributed by atoms with Crippen molar-refractivity contribution in [2.45, 2.75) is 13.0 Å². The Labute approximate surface area is 171 Å². The molecule has 0 saturated carbocycles. The normalized spacial score (nSPS) is 15.4. The van der Waals surface area contributed by atoms with Crippen LogP contribution < -0.4 is 9.47 Å². The van der Waals surface area contributed by atoms with Crippen LogP contribution in [0.5, 0.6) is 11.5 Å². The summed E-state index contributed by atoms with van der Waals surface area (Å²) in [5.41, 5.74) is 5.94. The van der Waals surface area contributed by atoms with Gasteiger partial charge in [-0.25, -0.2) is 0 Å². The lowest BCUT2D eigenvalue weighted by Gasteiger charge is -2.27. The molecule has 1 aliphatic rings. The van der Waals surface area contributed by atoms with Gasteiger partial charge in [0.05, 0.1) is 7.11 Å². The van der Waals surface area contributed by atoms with Gasteiger partial charge in [0.2, 0.25) is 0 Å². The summed E-state index contributed by atoms with van der Waals surface area (Å²) in [6.07, 6.45) is 2.09. The Balaban J connectivity index is 1.70. The molecule has 4 aromatic carbocycles. The Hall–Kier alpha value is -3.52. The summed E-state index contributed by atoms with van der Waals surface area (Å²) in [6.45, 7) is 2.12. The number of hydrogen-bond acceptors (Lipinski definition) is 2. The smallest absolute Gasteiger partial charge is 0.143 e. The van der Waals surface area contributed by atoms with Crippen LogP contribution in [0.15, 0.2) is 91.0 Å². The van der Waals surface area contributed by atoms with Crippen molar-refractivity contribution in [1.82, 2.24) is 0 Å². The van der Waals surface area contributed by atoms with Crippen LogP contribution in [0.2, 0.25) is 0 Å². The zero-order valence-electron chi connectivity index (χ0n) is 16.6. The highest BCUT2D eigenvalue weighted by atomic mass is 16.5. The molecule has 2 heteroatoms. The van der Waals surface area contributed by atoms with Crippen molar-refractivity contribution in [3.63, 3.8) is 0 Å². The number of fused-ring (bicyclic) bond motifs is 3. The standard InChI is InChI=1S/C27H22O2/c1-18-7-9-20(10-8-18)24-17-26(21-11-14-22(28-2)15-12-21)29-25-16-13-19-5-3-4-6-23(19)27(24)25/h3-17,26H,1-2H3. The van der Waals surface area contributed by atoms with E-state index in [1.54, 1.807) is 7.11 Å². The van der Waals surface area contributed by atoms with E-state index in [0.29, 0.717) is 0 Å². The molecule has 1 aliphatic heterocycles. The first-order chi connectivity index (χ1) is 14.2. The summed E-state index contributed by atoms with van der Waals surface area (Å²) < 4.78 is 11.8. The predicted octanol–water partition coefficient (Wildman–Crippen LogP) is 6.72. The van der Waals surface area contributed by atoms with Crippen LogP contribution in [0.4, 0.5) is 0 Å². The average Bonchev–Trinajstić information content (AvgIpc) is 2.79. The molecule has 0 aromatic heterocycles. The van der Waals surface area contributed by atoms with Gasteiger partial charge in [-0.05, 0) is 58.7 Å². The third-order valence-electron chi connectivity index (χ3n) is 5.54. The molecule has 0 fully saturated rings. The van der Waals surface area contributed by atoms with E-state index in [2.05, 4.69) is 85.8 Å². The van der Waals surface area contributed by atoms with E-state index in [0.717, 1.165) is 22.6 Å². The predicted molar refractivity (Wildman–Crippen MR) is 119 cm³/mol. The molecule has 0 N–H and O–H groups in total. The number of rotatable bonds is 3. The first-order valence-electron chi connectivity index (χ1n) is 9.84. The van der Waals surface area contributed by atoms with Gasteiger partial charge in [0, 0.05) is 5.56 Å². The van der Waals surface area contributed by atoms with Gasteiger partial charge in [-0.2, -0.15) is 0 Å². The fraction of sp³-hybridized carbons (Fsp3) is 0.111. The fourth-order valence-corrected chi connectivity index (χ4v) is 3.96. The highest BCUT2D eigenvalue weighted by molar-refractivity contribution is 6.01. The van der Waals surface area contributed by atoms with Crippen molar-refractivity contribution >= 4 is 16.3 Å². The SMILES string of the molecule is COc1ccc(C2C=C(c3ccc(C)cc3)c3c(ccc4ccccc34)O2)cc1. The van der Waals surface area contributed by atoms with Crippen molar-refractivity contribution in [2.75, 3.05) is 7.11 Å². The molecule has 0 saturated heterocycles. The maximum Gasteiger partial charge on any atom is 0.143 e. The number of ether oxygens (including phenoxy) is 2. The molecule has 2 nitrogen and oxygen atoms in total. The summed E-state index contributed by atoms with van der Waals surface area (Å²) in [5, 5.41) is 2.43. The molecule has 0 spiro atoms. The molecule has 0 bridgehead atoms. The molecular weight excluding hydrogens is 356 g/mol. The van der Waals surface area contributed by atoms with Gasteiger partial charge < -0.3 is 9.47 Å². The molecule has 142 valence electrons. The van der Waals surface area contributed by atoms with Crippen molar-refractivity contribution in [2.24, 2.45) is 0 Å². The molecule has 1 unspecified atom stereocenters. The zero-order valence-corrected chi connectivity index (χ0v) is 16.6. The third-order valence-corrected chi connectivity index (χ3v) is 5.54. The van der Waals surface area contributed by atoms with Crippen LogP contribution >= 0.6 is 0 Å². The van der Waals surface area contributed by atoms with Crippen LogP contribution in [0.1, 0.15) is 28.4 Å². The second-order valence-corrected chi connectivity index (χ2v) is 7.42. The van der Waals surface area contributed by atoms with Crippen molar-refractivity contribution < 1.29 is 9.47 Å². The van der Waals surface area contributed by atoms with E-state index in [1.165, 1.54) is 27.5 Å². The molecule has 5 rings (SSSR count). The van der Waals surface area contributed by atoms with E-state index < -0.39 is 0 Å². The molecule has 29 heavy (non-hydrogen) atoms. The highest BCUT2D eigenvalue weighted by Gasteiger charge is 2.25. The minimum Gasteiger partial charge on any atom is -0.497 e. The number of benzene rings is 4. The Kier molecular flexibility index (Phi) is 4.33. The van der Waals surface area contributed by atoms with E-state index >= 15 is 0 Å². The van der Waals surface area contributed by atoms with Gasteiger partial charge in [-0.15, -0.1) is 0 Å². The minimum atomic E-state index is -0.147. The summed E-state index contributed by atoms with van der Waals surface area (Å²) >= 11 is 0. The summed E-state index contributed by atoms with van der Waals surface area (Å²) in [4.78, 5) is 0. The zero-order chi connectivity index (χ0) is 19.8. The average molecular weight is 378 g/mol. The van der Waals surface area contributed by atoms with E-state index in [-0.39, 0.29) is 6.10 Å². The molecular formula is C27H22O2. The lowest BCUT2D eigenvalue weighted by atomic mass is 9.88. The van der Waals surface area contributed by atoms with Gasteiger partial charge in [-0.3, -0.25) is 0 Å². The van der Waals surface area contributed by atoms with Gasteiger partial charge >= 0.3 is 0 Å². The maximum absolute atomic E-state index is 6.46. The molecule has 0 aliphatic carbocycles. The second-order valence-electron chi connectivity index (χ2n) is 7.42. The Morgan fingerprint density at radius 1 is 0.793 bits per heavy atom. The van der Waals surface area contributed by atoms with Crippen LogP contribution in [0.3, 0.4) is 0 Å². The highest BCUT2D eigenvalue weighted by Crippen LogP contribution is 2.44. The van der Waals surface area contributed by atoms with Crippen molar-refractivity contribution in [3.8, 4) is 11.5 Å². The van der Waals surface area contributed by atoms with Crippen LogP contribution in [-0.4, -0.2) is 7.11 Å². The molecule has 1 atom stereocenters. The first-order valence-corrected chi connectivity index (χ1v) is 9.84. The fourth-order valence-electron chi connectivity index (χ4n) is 3.96. The first kappa shape index (κ1) is 17.6. The lowest BCUT2D eigenvalue weighted by Crippen LogP contribution is -2.12. The number of methoxy groups -OCH3 is 1. The Bertz CT molecular complexity index is 1200. The third kappa shape index (κ3) is 3.17. The minimum absolute atomic E-state index is 0.147. The van der Waals surface area contributed by atoms with Gasteiger partial charge in [0.15, 0.2) is 0 Å². The van der Waals surface area contributed by atoms with Gasteiger partial charge in [0.25, 0.3) is 0 Å². The van der Waals surface area contributed by atoms with Crippen LogP contribution in [0, 0.1) is 6.92 Å². The van der Waals surface area contributed by atoms with Crippen molar-refractivity contribution in [3.05, 3.63) is 113 Å². The topological polar surface area (TPSA) is 18.5 Å². The number of aryl methyl sites for hydroxylation is 1. The summed E-state index contributed by atoms with van der Waals surface area (Å²) in [7, 11) is 1.68. The number of hydrogen-bond donors (Lipinski definition) is 0. The van der Waals surface area contributed by atoms with Crippen LogP contribution in [0.25, 0.3) is 16.3 Å². The molecule has 1 heterocycles. The van der Waals surface area contributed by atoms with Crippen LogP contribution in [-0.2, 0) is 0 Å². The molecule has 0 amide bonds. The monoisotopic (exact) mass is 378 g/mol. The second kappa shape index (κ2) is 7.14. The lowest BCUT2D eigenvalue weighted by molar-refractivity contribution is 0.251. The Morgan fingerprint density at radius 3 is 2.31 bits per heavy atom. The largest absolute Gasteiger partial charge is 0.497 e. The quantitative estimate of drug-likeness (QED) is 0.394. The molecule has 0 radical (unpaired) electrons. The van der Waals surface area contributed by atoms with Gasteiger partial charge in [-0.1, -0.05) is 72.3 Å². The van der Waals surface area contributed by atoms with E-state index in [4.69, 9.17) is 9.47 Å². The van der Waals surface area contributed by atoms with Gasteiger partial charge in [0.1, 0.15) is 17.6 Å². The maximum atomic E-state index is 6.46.